The number of nitrogens with one attached hydrogen (secondary N) is 1. The van der Waals surface area contributed by atoms with Crippen molar-refractivity contribution in [3.63, 3.8) is 0 Å². The van der Waals surface area contributed by atoms with Crippen LogP contribution in [0.25, 0.3) is 0 Å². The lowest BCUT2D eigenvalue weighted by molar-refractivity contribution is 0.449. The van der Waals surface area contributed by atoms with Crippen molar-refractivity contribution >= 4 is 10.0 Å². The van der Waals surface area contributed by atoms with Gasteiger partial charge in [-0.2, -0.15) is 0 Å². The van der Waals surface area contributed by atoms with Crippen molar-refractivity contribution < 1.29 is 13.5 Å². The summed E-state index contributed by atoms with van der Waals surface area (Å²) >= 11 is 0. The highest BCUT2D eigenvalue weighted by molar-refractivity contribution is 7.89. The zero-order chi connectivity index (χ0) is 11.8. The molecule has 0 saturated carbocycles. The topological polar surface area (TPSA) is 92.4 Å². The zero-order valence-corrected chi connectivity index (χ0v) is 9.55. The maximum absolute atomic E-state index is 11.2. The molecule has 0 atom stereocenters. The fraction of sp³-hybridized carbons (Fsp3) is 0.400. The van der Waals surface area contributed by atoms with E-state index in [1.807, 2.05) is 0 Å². The molecule has 2 rings (SSSR count). The number of aryl methyl sites for hydroxylation is 1. The van der Waals surface area contributed by atoms with Crippen LogP contribution >= 0.6 is 0 Å². The van der Waals surface area contributed by atoms with E-state index >= 15 is 0 Å². The van der Waals surface area contributed by atoms with E-state index in [-0.39, 0.29) is 10.6 Å². The molecule has 1 aromatic rings. The van der Waals surface area contributed by atoms with E-state index < -0.39 is 10.0 Å². The highest BCUT2D eigenvalue weighted by Crippen LogP contribution is 2.30. The van der Waals surface area contributed by atoms with Gasteiger partial charge in [0.25, 0.3) is 0 Å². The minimum absolute atomic E-state index is 0.199. The van der Waals surface area contributed by atoms with Crippen molar-refractivity contribution in [2.75, 3.05) is 6.54 Å². The van der Waals surface area contributed by atoms with Gasteiger partial charge in [0.05, 0.1) is 0 Å². The summed E-state index contributed by atoms with van der Waals surface area (Å²) in [5.74, 6) is -0.214. The molecule has 0 fully saturated rings. The Balaban J connectivity index is 2.59. The lowest BCUT2D eigenvalue weighted by Crippen LogP contribution is -2.15. The Morgan fingerprint density at radius 1 is 1.38 bits per heavy atom. The standard InChI is InChI=1S/C10H14N2O3S/c11-16(14,15)9-4-3-7-2-1-5-12-6-8(7)10(9)13/h3-4,12-13H,1-2,5-6H2,(H2,11,14,15). The Kier molecular flexibility index (Phi) is 2.88. The molecule has 0 aromatic heterocycles. The van der Waals surface area contributed by atoms with Gasteiger partial charge in [0.1, 0.15) is 10.6 Å². The molecule has 4 N–H and O–H groups in total. The van der Waals surface area contributed by atoms with Crippen LogP contribution in [0.1, 0.15) is 17.5 Å². The lowest BCUT2D eigenvalue weighted by Gasteiger charge is -2.11. The van der Waals surface area contributed by atoms with Crippen molar-refractivity contribution in [3.05, 3.63) is 23.3 Å². The fourth-order valence-electron chi connectivity index (χ4n) is 1.93. The average molecular weight is 242 g/mol. The van der Waals surface area contributed by atoms with Crippen LogP contribution in [0.4, 0.5) is 0 Å². The van der Waals surface area contributed by atoms with E-state index in [1.54, 1.807) is 6.07 Å². The van der Waals surface area contributed by atoms with Crippen LogP contribution in [-0.2, 0) is 23.0 Å². The molecular formula is C10H14N2O3S. The van der Waals surface area contributed by atoms with Gasteiger partial charge in [-0.25, -0.2) is 13.6 Å². The highest BCUT2D eigenvalue weighted by Gasteiger charge is 2.20. The van der Waals surface area contributed by atoms with Crippen molar-refractivity contribution in [2.24, 2.45) is 5.14 Å². The van der Waals surface area contributed by atoms with Crippen LogP contribution in [0.3, 0.4) is 0 Å². The van der Waals surface area contributed by atoms with Gasteiger partial charge in [0, 0.05) is 12.1 Å². The number of hydrogen-bond acceptors (Lipinski definition) is 4. The molecule has 1 aliphatic rings. The third-order valence-electron chi connectivity index (χ3n) is 2.75. The number of rotatable bonds is 1. The molecule has 5 nitrogen and oxygen atoms in total. The number of aromatic hydroxyl groups is 1. The van der Waals surface area contributed by atoms with Gasteiger partial charge in [0.15, 0.2) is 0 Å². The first-order valence-corrected chi connectivity index (χ1v) is 6.62. The largest absolute Gasteiger partial charge is 0.506 e. The summed E-state index contributed by atoms with van der Waals surface area (Å²) in [6.45, 7) is 1.34. The summed E-state index contributed by atoms with van der Waals surface area (Å²) in [6.07, 6.45) is 1.81. The molecule has 0 amide bonds. The van der Waals surface area contributed by atoms with Gasteiger partial charge in [-0.15, -0.1) is 0 Å². The smallest absolute Gasteiger partial charge is 0.241 e. The second-order valence-electron chi connectivity index (χ2n) is 3.88. The molecule has 1 heterocycles. The van der Waals surface area contributed by atoms with E-state index in [9.17, 15) is 13.5 Å². The lowest BCUT2D eigenvalue weighted by atomic mass is 10.0. The van der Waals surface area contributed by atoms with Gasteiger partial charge in [-0.05, 0) is 31.0 Å². The second kappa shape index (κ2) is 4.04. The molecular weight excluding hydrogens is 228 g/mol. The number of phenolic OH excluding ortho intramolecular Hbond substituents is 1. The monoisotopic (exact) mass is 242 g/mol. The normalized spacial score (nSPS) is 16.6. The summed E-state index contributed by atoms with van der Waals surface area (Å²) in [4.78, 5) is -0.199. The maximum Gasteiger partial charge on any atom is 0.241 e. The molecule has 0 bridgehead atoms. The Hall–Kier alpha value is -1.11. The van der Waals surface area contributed by atoms with E-state index in [2.05, 4.69) is 5.32 Å². The number of phenols is 1. The molecule has 88 valence electrons. The zero-order valence-electron chi connectivity index (χ0n) is 8.73. The van der Waals surface area contributed by atoms with Gasteiger partial charge in [0.2, 0.25) is 10.0 Å². The quantitative estimate of drug-likeness (QED) is 0.650. The summed E-state index contributed by atoms with van der Waals surface area (Å²) in [5, 5.41) is 18.0. The van der Waals surface area contributed by atoms with Crippen LogP contribution in [0.2, 0.25) is 0 Å². The second-order valence-corrected chi connectivity index (χ2v) is 5.41. The summed E-state index contributed by atoms with van der Waals surface area (Å²) in [5.41, 5.74) is 1.62. The molecule has 0 aliphatic carbocycles. The van der Waals surface area contributed by atoms with Crippen molar-refractivity contribution in [1.29, 1.82) is 0 Å². The molecule has 0 saturated heterocycles. The van der Waals surface area contributed by atoms with E-state index in [1.165, 1.54) is 6.07 Å². The van der Waals surface area contributed by atoms with E-state index in [0.29, 0.717) is 12.1 Å². The van der Waals surface area contributed by atoms with Crippen LogP contribution in [-0.4, -0.2) is 20.1 Å². The number of nitrogens with two attached hydrogens (primary N) is 1. The summed E-state index contributed by atoms with van der Waals surface area (Å²) < 4.78 is 22.4. The first kappa shape index (κ1) is 11.4. The number of primary sulfonamides is 1. The van der Waals surface area contributed by atoms with Crippen molar-refractivity contribution in [3.8, 4) is 5.75 Å². The van der Waals surface area contributed by atoms with Gasteiger partial charge in [-0.3, -0.25) is 0 Å². The van der Waals surface area contributed by atoms with E-state index in [4.69, 9.17) is 5.14 Å². The minimum Gasteiger partial charge on any atom is -0.506 e. The van der Waals surface area contributed by atoms with Gasteiger partial charge in [-0.1, -0.05) is 6.07 Å². The molecule has 1 aromatic carbocycles. The van der Waals surface area contributed by atoms with Crippen molar-refractivity contribution in [2.45, 2.75) is 24.3 Å². The fourth-order valence-corrected chi connectivity index (χ4v) is 2.59. The molecule has 0 spiro atoms. The average Bonchev–Trinajstić information content (AvgIpc) is 2.41. The first-order chi connectivity index (χ1) is 7.50. The number of hydrogen-bond donors (Lipinski definition) is 3. The molecule has 6 heteroatoms. The molecule has 0 unspecified atom stereocenters. The van der Waals surface area contributed by atoms with Gasteiger partial charge >= 0.3 is 0 Å². The van der Waals surface area contributed by atoms with Crippen LogP contribution in [0.5, 0.6) is 5.75 Å². The Morgan fingerprint density at radius 2 is 2.12 bits per heavy atom. The van der Waals surface area contributed by atoms with Gasteiger partial charge < -0.3 is 10.4 Å². The molecule has 0 radical (unpaired) electrons. The molecule has 1 aliphatic heterocycles. The first-order valence-electron chi connectivity index (χ1n) is 5.07. The number of fused-ring (bicyclic) bond motifs is 1. The number of sulfonamides is 1. The summed E-state index contributed by atoms with van der Waals surface area (Å²) in [7, 11) is -3.86. The van der Waals surface area contributed by atoms with E-state index in [0.717, 1.165) is 24.9 Å². The Bertz CT molecular complexity index is 511. The highest BCUT2D eigenvalue weighted by atomic mass is 32.2. The Morgan fingerprint density at radius 3 is 2.81 bits per heavy atom. The Labute approximate surface area is 94.3 Å². The third-order valence-corrected chi connectivity index (χ3v) is 3.69. The predicted molar refractivity (Wildman–Crippen MR) is 59.5 cm³/mol. The third kappa shape index (κ3) is 2.04. The SMILES string of the molecule is NS(=O)(=O)c1ccc2c(c1O)CNCCC2. The molecule has 16 heavy (non-hydrogen) atoms. The maximum atomic E-state index is 11.2. The number of benzene rings is 1. The minimum atomic E-state index is -3.86. The van der Waals surface area contributed by atoms with Crippen LogP contribution < -0.4 is 10.5 Å². The van der Waals surface area contributed by atoms with Crippen LogP contribution in [0.15, 0.2) is 17.0 Å². The van der Waals surface area contributed by atoms with Crippen LogP contribution in [0, 0.1) is 0 Å². The predicted octanol–water partition coefficient (Wildman–Crippen LogP) is 0.0754. The van der Waals surface area contributed by atoms with Crippen molar-refractivity contribution in [1.82, 2.24) is 5.32 Å². The summed E-state index contributed by atoms with van der Waals surface area (Å²) in [6, 6.07) is 3.09.